The second-order valence-corrected chi connectivity index (χ2v) is 8.89. The number of hydrogen-bond donors (Lipinski definition) is 1. The summed E-state index contributed by atoms with van der Waals surface area (Å²) < 4.78 is 5.37. The Bertz CT molecular complexity index is 739. The monoisotopic (exact) mass is 391 g/mol. The summed E-state index contributed by atoms with van der Waals surface area (Å²) in [5, 5.41) is 2.43. The standard InChI is InChI=1S/C19H25N3O4S/c1-19(2,3)26-18(25)22-10-8-21(9-11-22)16(23)12-15-17(24)20-13-6-4-5-7-14(13)27-15/h4-7,15H,8-12H2,1-3H3,(H,20,24)/t15-/m0/s1. The zero-order valence-corrected chi connectivity index (χ0v) is 16.7. The first-order valence-electron chi connectivity index (χ1n) is 9.05. The van der Waals surface area contributed by atoms with E-state index in [0.29, 0.717) is 26.2 Å². The molecule has 0 unspecified atom stereocenters. The van der Waals surface area contributed by atoms with Gasteiger partial charge >= 0.3 is 6.09 Å². The molecule has 2 heterocycles. The first-order valence-corrected chi connectivity index (χ1v) is 9.93. The number of amides is 3. The minimum absolute atomic E-state index is 0.0640. The highest BCUT2D eigenvalue weighted by atomic mass is 32.2. The number of para-hydroxylation sites is 1. The summed E-state index contributed by atoms with van der Waals surface area (Å²) in [6, 6.07) is 7.58. The van der Waals surface area contributed by atoms with Crippen molar-refractivity contribution in [1.29, 1.82) is 0 Å². The molecule has 3 amide bonds. The molecular formula is C19H25N3O4S. The number of thioether (sulfide) groups is 1. The number of fused-ring (bicyclic) bond motifs is 1. The fourth-order valence-corrected chi connectivity index (χ4v) is 4.08. The van der Waals surface area contributed by atoms with E-state index in [9.17, 15) is 14.4 Å². The van der Waals surface area contributed by atoms with E-state index in [1.807, 2.05) is 45.0 Å². The minimum Gasteiger partial charge on any atom is -0.444 e. The number of carbonyl (C=O) groups excluding carboxylic acids is 3. The molecule has 3 rings (SSSR count). The summed E-state index contributed by atoms with van der Waals surface area (Å²) in [6.07, 6.45) is -0.203. The molecule has 2 aliphatic heterocycles. The molecule has 0 saturated carbocycles. The van der Waals surface area contributed by atoms with E-state index in [2.05, 4.69) is 5.32 Å². The van der Waals surface area contributed by atoms with Crippen molar-refractivity contribution < 1.29 is 19.1 Å². The van der Waals surface area contributed by atoms with E-state index in [4.69, 9.17) is 4.74 Å². The summed E-state index contributed by atoms with van der Waals surface area (Å²) >= 11 is 1.43. The normalized spacial score (nSPS) is 20.0. The quantitative estimate of drug-likeness (QED) is 0.838. The first kappa shape index (κ1) is 19.5. The number of nitrogens with zero attached hydrogens (tertiary/aromatic N) is 2. The van der Waals surface area contributed by atoms with Gasteiger partial charge in [0.2, 0.25) is 11.8 Å². The molecule has 0 aliphatic carbocycles. The van der Waals surface area contributed by atoms with Crippen LogP contribution in [-0.2, 0) is 14.3 Å². The van der Waals surface area contributed by atoms with Crippen LogP contribution in [0.1, 0.15) is 27.2 Å². The predicted molar refractivity (Wildman–Crippen MR) is 104 cm³/mol. The summed E-state index contributed by atoms with van der Waals surface area (Å²) in [5.41, 5.74) is 0.258. The Morgan fingerprint density at radius 2 is 1.78 bits per heavy atom. The van der Waals surface area contributed by atoms with Crippen LogP contribution in [0.15, 0.2) is 29.2 Å². The molecule has 146 valence electrons. The maximum absolute atomic E-state index is 12.6. The Morgan fingerprint density at radius 1 is 1.15 bits per heavy atom. The highest BCUT2D eigenvalue weighted by Crippen LogP contribution is 2.36. The molecule has 1 N–H and O–H groups in total. The van der Waals surface area contributed by atoms with Crippen molar-refractivity contribution in [2.24, 2.45) is 0 Å². The predicted octanol–water partition coefficient (Wildman–Crippen LogP) is 2.57. The van der Waals surface area contributed by atoms with Gasteiger partial charge < -0.3 is 19.9 Å². The lowest BCUT2D eigenvalue weighted by Crippen LogP contribution is -2.52. The Balaban J connectivity index is 1.52. The van der Waals surface area contributed by atoms with E-state index in [1.54, 1.807) is 9.80 Å². The van der Waals surface area contributed by atoms with Gasteiger partial charge in [0.1, 0.15) is 5.60 Å². The highest BCUT2D eigenvalue weighted by Gasteiger charge is 2.32. The zero-order chi connectivity index (χ0) is 19.6. The SMILES string of the molecule is CC(C)(C)OC(=O)N1CCN(C(=O)C[C@@H]2Sc3ccccc3NC2=O)CC1. The van der Waals surface area contributed by atoms with Gasteiger partial charge in [-0.2, -0.15) is 0 Å². The average molecular weight is 391 g/mol. The second kappa shape index (κ2) is 7.80. The van der Waals surface area contributed by atoms with Crippen LogP contribution in [0.2, 0.25) is 0 Å². The fraction of sp³-hybridized carbons (Fsp3) is 0.526. The van der Waals surface area contributed by atoms with Crippen molar-refractivity contribution in [1.82, 2.24) is 9.80 Å². The fourth-order valence-electron chi connectivity index (χ4n) is 2.98. The molecule has 1 fully saturated rings. The van der Waals surface area contributed by atoms with Crippen molar-refractivity contribution >= 4 is 35.4 Å². The summed E-state index contributed by atoms with van der Waals surface area (Å²) in [4.78, 5) is 41.3. The summed E-state index contributed by atoms with van der Waals surface area (Å²) in [7, 11) is 0. The number of ether oxygens (including phenoxy) is 1. The van der Waals surface area contributed by atoms with E-state index in [0.717, 1.165) is 10.6 Å². The lowest BCUT2D eigenvalue weighted by atomic mass is 10.2. The number of rotatable bonds is 2. The van der Waals surface area contributed by atoms with Crippen molar-refractivity contribution in [2.75, 3.05) is 31.5 Å². The largest absolute Gasteiger partial charge is 0.444 e. The molecule has 0 bridgehead atoms. The van der Waals surface area contributed by atoms with Gasteiger partial charge in [-0.3, -0.25) is 9.59 Å². The highest BCUT2D eigenvalue weighted by molar-refractivity contribution is 8.01. The molecule has 27 heavy (non-hydrogen) atoms. The molecule has 0 spiro atoms. The van der Waals surface area contributed by atoms with Crippen LogP contribution in [0.4, 0.5) is 10.5 Å². The minimum atomic E-state index is -0.536. The van der Waals surface area contributed by atoms with E-state index >= 15 is 0 Å². The van der Waals surface area contributed by atoms with Gasteiger partial charge in [-0.25, -0.2) is 4.79 Å². The van der Waals surface area contributed by atoms with E-state index < -0.39 is 10.9 Å². The Labute approximate surface area is 163 Å². The lowest BCUT2D eigenvalue weighted by molar-refractivity contribution is -0.134. The smallest absolute Gasteiger partial charge is 0.410 e. The third kappa shape index (κ3) is 4.94. The number of anilines is 1. The molecule has 1 saturated heterocycles. The van der Waals surface area contributed by atoms with Crippen molar-refractivity contribution in [3.63, 3.8) is 0 Å². The van der Waals surface area contributed by atoms with Crippen molar-refractivity contribution in [2.45, 2.75) is 42.9 Å². The molecule has 0 aromatic heterocycles. The van der Waals surface area contributed by atoms with Crippen LogP contribution < -0.4 is 5.32 Å². The number of benzene rings is 1. The Hall–Kier alpha value is -2.22. The molecular weight excluding hydrogens is 366 g/mol. The topological polar surface area (TPSA) is 79.0 Å². The van der Waals surface area contributed by atoms with E-state index in [1.165, 1.54) is 11.8 Å². The number of piperazine rings is 1. The second-order valence-electron chi connectivity index (χ2n) is 7.64. The molecule has 0 radical (unpaired) electrons. The first-order chi connectivity index (χ1) is 12.7. The van der Waals surface area contributed by atoms with Crippen LogP contribution in [0.3, 0.4) is 0 Å². The van der Waals surface area contributed by atoms with Crippen LogP contribution in [-0.4, -0.2) is 64.7 Å². The molecule has 1 atom stereocenters. The maximum Gasteiger partial charge on any atom is 0.410 e. The lowest BCUT2D eigenvalue weighted by Gasteiger charge is -2.36. The summed E-state index contributed by atoms with van der Waals surface area (Å²) in [5.74, 6) is -0.203. The Kier molecular flexibility index (Phi) is 5.64. The van der Waals surface area contributed by atoms with E-state index in [-0.39, 0.29) is 24.3 Å². The summed E-state index contributed by atoms with van der Waals surface area (Å²) in [6.45, 7) is 7.27. The number of nitrogens with one attached hydrogen (secondary N) is 1. The van der Waals surface area contributed by atoms with Crippen LogP contribution in [0, 0.1) is 0 Å². The molecule has 1 aromatic rings. The number of hydrogen-bond acceptors (Lipinski definition) is 5. The molecule has 8 heteroatoms. The zero-order valence-electron chi connectivity index (χ0n) is 15.9. The third-order valence-electron chi connectivity index (χ3n) is 4.35. The molecule has 1 aromatic carbocycles. The van der Waals surface area contributed by atoms with Gasteiger partial charge in [0.25, 0.3) is 0 Å². The van der Waals surface area contributed by atoms with Gasteiger partial charge in [0, 0.05) is 37.5 Å². The van der Waals surface area contributed by atoms with Gasteiger partial charge in [-0.1, -0.05) is 12.1 Å². The van der Waals surface area contributed by atoms with Gasteiger partial charge in [0.05, 0.1) is 10.9 Å². The van der Waals surface area contributed by atoms with Crippen molar-refractivity contribution in [3.8, 4) is 0 Å². The Morgan fingerprint density at radius 3 is 2.44 bits per heavy atom. The molecule has 7 nitrogen and oxygen atoms in total. The van der Waals surface area contributed by atoms with Crippen LogP contribution in [0.5, 0.6) is 0 Å². The van der Waals surface area contributed by atoms with Crippen LogP contribution in [0.25, 0.3) is 0 Å². The van der Waals surface area contributed by atoms with Gasteiger partial charge in [0.15, 0.2) is 0 Å². The van der Waals surface area contributed by atoms with Crippen molar-refractivity contribution in [3.05, 3.63) is 24.3 Å². The average Bonchev–Trinajstić information content (AvgIpc) is 2.61. The van der Waals surface area contributed by atoms with Crippen LogP contribution >= 0.6 is 11.8 Å². The third-order valence-corrected chi connectivity index (χ3v) is 5.63. The van der Waals surface area contributed by atoms with Gasteiger partial charge in [-0.05, 0) is 32.9 Å². The van der Waals surface area contributed by atoms with Gasteiger partial charge in [-0.15, -0.1) is 11.8 Å². The molecule has 2 aliphatic rings. The maximum atomic E-state index is 12.6. The number of carbonyl (C=O) groups is 3.